The van der Waals surface area contributed by atoms with E-state index in [1.165, 1.54) is 0 Å². The van der Waals surface area contributed by atoms with E-state index in [1.54, 1.807) is 0 Å². The van der Waals surface area contributed by atoms with Crippen LogP contribution in [0, 0.1) is 6.08 Å². The van der Waals surface area contributed by atoms with Crippen LogP contribution in [0.4, 0.5) is 0 Å². The molecule has 0 unspecified atom stereocenters. The molecule has 0 radical (unpaired) electrons. The molecule has 0 nitrogen and oxygen atoms in total. The van der Waals surface area contributed by atoms with Crippen molar-refractivity contribution in [3.05, 3.63) is 65.1 Å². The fourth-order valence-corrected chi connectivity index (χ4v) is 0.722. The van der Waals surface area contributed by atoms with Crippen LogP contribution in [0.2, 0.25) is 0 Å². The molecular formula is C13H9Ti-. The van der Waals surface area contributed by atoms with Gasteiger partial charge < -0.3 is 0 Å². The summed E-state index contributed by atoms with van der Waals surface area (Å²) in [5, 5.41) is 0. The Labute approximate surface area is 99.6 Å². The van der Waals surface area contributed by atoms with E-state index in [-0.39, 0.29) is 21.7 Å². The molecule has 0 N–H and O–H groups in total. The van der Waals surface area contributed by atoms with Crippen molar-refractivity contribution < 1.29 is 21.7 Å². The molecule has 66 valence electrons. The summed E-state index contributed by atoms with van der Waals surface area (Å²) in [6.07, 6.45) is 14.6. The van der Waals surface area contributed by atoms with Crippen LogP contribution in [0.15, 0.2) is 59.0 Å². The predicted molar refractivity (Wildman–Crippen MR) is 52.9 cm³/mol. The minimum absolute atomic E-state index is 0. The predicted octanol–water partition coefficient (Wildman–Crippen LogP) is 3.02. The van der Waals surface area contributed by atoms with Crippen LogP contribution >= 0.6 is 0 Å². The third-order valence-corrected chi connectivity index (χ3v) is 1.30. The van der Waals surface area contributed by atoms with E-state index in [4.69, 9.17) is 0 Å². The topological polar surface area (TPSA) is 0 Å². The smallest absolute Gasteiger partial charge is 0 e. The van der Waals surface area contributed by atoms with Gasteiger partial charge in [0.05, 0.1) is 0 Å². The van der Waals surface area contributed by atoms with Crippen molar-refractivity contribution in [1.29, 1.82) is 0 Å². The molecule has 0 aromatic carbocycles. The molecule has 0 saturated heterocycles. The summed E-state index contributed by atoms with van der Waals surface area (Å²) in [5.74, 6) is 0. The molecule has 2 rings (SSSR count). The molecule has 1 heteroatoms. The Morgan fingerprint density at radius 2 is 1.71 bits per heavy atom. The van der Waals surface area contributed by atoms with Gasteiger partial charge in [0.1, 0.15) is 0 Å². The van der Waals surface area contributed by atoms with Gasteiger partial charge in [0.25, 0.3) is 0 Å². The minimum atomic E-state index is 0. The zero-order chi connectivity index (χ0) is 9.19. The van der Waals surface area contributed by atoms with Crippen molar-refractivity contribution in [2.24, 2.45) is 0 Å². The van der Waals surface area contributed by atoms with Gasteiger partial charge in [0.15, 0.2) is 0 Å². The molecule has 0 fully saturated rings. The van der Waals surface area contributed by atoms with Crippen LogP contribution in [-0.2, 0) is 21.7 Å². The molecule has 0 aromatic rings. The average molecular weight is 213 g/mol. The second-order valence-electron chi connectivity index (χ2n) is 2.31. The van der Waals surface area contributed by atoms with Crippen LogP contribution in [0.1, 0.15) is 12.8 Å². The summed E-state index contributed by atoms with van der Waals surface area (Å²) in [7, 11) is 0. The van der Waals surface area contributed by atoms with E-state index >= 15 is 0 Å². The van der Waals surface area contributed by atoms with Crippen molar-refractivity contribution in [2.45, 2.75) is 12.8 Å². The van der Waals surface area contributed by atoms with Crippen molar-refractivity contribution in [1.82, 2.24) is 0 Å². The maximum atomic E-state index is 2.99. The van der Waals surface area contributed by atoms with E-state index in [0.29, 0.717) is 0 Å². The molecule has 0 amide bonds. The van der Waals surface area contributed by atoms with Gasteiger partial charge >= 0.3 is 0 Å². The summed E-state index contributed by atoms with van der Waals surface area (Å²) < 4.78 is 0. The van der Waals surface area contributed by atoms with Crippen LogP contribution in [0.25, 0.3) is 0 Å². The largest absolute Gasteiger partial charge is 0.273 e. The first kappa shape index (κ1) is 12.8. The first-order valence-corrected chi connectivity index (χ1v) is 4.11. The SMILES string of the molecule is C1=C=C=CCC=C=C=1.[C-]1=CC=CC1.[Ti]. The number of allylic oxidation sites excluding steroid dienone is 6. The quantitative estimate of drug-likeness (QED) is 0.329. The summed E-state index contributed by atoms with van der Waals surface area (Å²) in [4.78, 5) is 0. The van der Waals surface area contributed by atoms with Crippen LogP contribution < -0.4 is 0 Å². The van der Waals surface area contributed by atoms with Gasteiger partial charge in [-0.3, -0.25) is 6.08 Å². The van der Waals surface area contributed by atoms with Gasteiger partial charge in [-0.05, 0) is 35.8 Å². The van der Waals surface area contributed by atoms with Gasteiger partial charge in [-0.2, -0.15) is 6.08 Å². The monoisotopic (exact) mass is 213 g/mol. The molecule has 0 aromatic heterocycles. The van der Waals surface area contributed by atoms with Gasteiger partial charge in [-0.25, -0.2) is 12.2 Å². The molecular weight excluding hydrogens is 204 g/mol. The Hall–Kier alpha value is -1.17. The van der Waals surface area contributed by atoms with Crippen molar-refractivity contribution in [3.63, 3.8) is 0 Å². The van der Waals surface area contributed by atoms with Gasteiger partial charge in [-0.15, -0.1) is 6.42 Å². The number of hydrogen-bond donors (Lipinski definition) is 0. The molecule has 0 spiro atoms. The van der Waals surface area contributed by atoms with Crippen molar-refractivity contribution in [3.8, 4) is 0 Å². The van der Waals surface area contributed by atoms with E-state index in [0.717, 1.165) is 12.8 Å². The molecule has 2 aliphatic rings. The van der Waals surface area contributed by atoms with E-state index in [2.05, 4.69) is 40.8 Å². The molecule has 0 heterocycles. The van der Waals surface area contributed by atoms with Crippen molar-refractivity contribution in [2.75, 3.05) is 0 Å². The summed E-state index contributed by atoms with van der Waals surface area (Å²) in [6.45, 7) is 0. The van der Waals surface area contributed by atoms with Crippen LogP contribution in [0.5, 0.6) is 0 Å². The fourth-order valence-electron chi connectivity index (χ4n) is 0.722. The van der Waals surface area contributed by atoms with Crippen LogP contribution in [0.3, 0.4) is 0 Å². The Morgan fingerprint density at radius 3 is 2.14 bits per heavy atom. The molecule has 2 aliphatic carbocycles. The first-order chi connectivity index (χ1) is 6.50. The Balaban J connectivity index is 0.000000246. The first-order valence-electron chi connectivity index (χ1n) is 4.11. The summed E-state index contributed by atoms with van der Waals surface area (Å²) in [6, 6.07) is 0. The van der Waals surface area contributed by atoms with Gasteiger partial charge in [-0.1, -0.05) is 11.5 Å². The zero-order valence-electron chi connectivity index (χ0n) is 7.80. The molecule has 0 bridgehead atoms. The molecule has 14 heavy (non-hydrogen) atoms. The zero-order valence-corrected chi connectivity index (χ0v) is 9.36. The Morgan fingerprint density at radius 1 is 1.00 bits per heavy atom. The number of hydrogen-bond acceptors (Lipinski definition) is 0. The normalized spacial score (nSPS) is 13.1. The summed E-state index contributed by atoms with van der Waals surface area (Å²) in [5.41, 5.74) is 13.4. The van der Waals surface area contributed by atoms with E-state index in [1.807, 2.05) is 24.3 Å². The maximum absolute atomic E-state index is 2.99. The standard InChI is InChI=1S/C8H4.C5H5.Ti/c1-2-4-6-8-7-5-3-1;1-2-4-5-3-1;/h1,4H,2H2;1-3H,4H2;/q;-1;. The van der Waals surface area contributed by atoms with E-state index in [9.17, 15) is 0 Å². The maximum Gasteiger partial charge on any atom is 0 e. The molecule has 0 saturated carbocycles. The Bertz CT molecular complexity index is 370. The fraction of sp³-hybridized carbons (Fsp3) is 0.154. The molecule has 0 atom stereocenters. The minimum Gasteiger partial charge on any atom is -0.273 e. The van der Waals surface area contributed by atoms with Crippen molar-refractivity contribution >= 4 is 0 Å². The third-order valence-electron chi connectivity index (χ3n) is 1.30. The third kappa shape index (κ3) is 7.48. The second-order valence-corrected chi connectivity index (χ2v) is 2.31. The van der Waals surface area contributed by atoms with Gasteiger partial charge in [0.2, 0.25) is 0 Å². The Kier molecular flexibility index (Phi) is 9.09. The second kappa shape index (κ2) is 9.92. The molecule has 0 aliphatic heterocycles. The van der Waals surface area contributed by atoms with Crippen LogP contribution in [-0.4, -0.2) is 0 Å². The van der Waals surface area contributed by atoms with Gasteiger partial charge in [0, 0.05) is 21.7 Å². The average Bonchev–Trinajstić information content (AvgIpc) is 2.58. The summed E-state index contributed by atoms with van der Waals surface area (Å²) >= 11 is 0. The number of rotatable bonds is 0. The van der Waals surface area contributed by atoms with E-state index < -0.39 is 0 Å².